The van der Waals surface area contributed by atoms with Crippen molar-refractivity contribution >= 4 is 28.9 Å². The van der Waals surface area contributed by atoms with Crippen molar-refractivity contribution in [3.8, 4) is 0 Å². The van der Waals surface area contributed by atoms with Gasteiger partial charge in [0.25, 0.3) is 5.91 Å². The zero-order valence-electron chi connectivity index (χ0n) is 13.6. The van der Waals surface area contributed by atoms with Gasteiger partial charge in [-0.3, -0.25) is 4.79 Å². The topological polar surface area (TPSA) is 58.1 Å². The molecule has 1 fully saturated rings. The van der Waals surface area contributed by atoms with E-state index in [-0.39, 0.29) is 11.9 Å². The van der Waals surface area contributed by atoms with Crippen LogP contribution < -0.4 is 5.32 Å². The molecule has 0 radical (unpaired) electrons. The highest BCUT2D eigenvalue weighted by Gasteiger charge is 2.30. The summed E-state index contributed by atoms with van der Waals surface area (Å²) in [4.78, 5) is 23.3. The maximum Gasteiger partial charge on any atom is 0.254 e. The highest BCUT2D eigenvalue weighted by atomic mass is 32.1. The van der Waals surface area contributed by atoms with Gasteiger partial charge in [0, 0.05) is 30.2 Å². The summed E-state index contributed by atoms with van der Waals surface area (Å²) in [5.41, 5.74) is 2.73. The Hall–Kier alpha value is -2.73. The van der Waals surface area contributed by atoms with Gasteiger partial charge in [0.05, 0.1) is 6.04 Å². The third-order valence-corrected chi connectivity index (χ3v) is 5.07. The molecule has 4 rings (SSSR count). The van der Waals surface area contributed by atoms with Gasteiger partial charge in [-0.1, -0.05) is 6.07 Å². The standard InChI is InChI=1S/C19H18N4OS/c24-18(23-10-2-6-17(23)15-7-11-25-13-15)14-4-1-5-16(12-14)22-19-20-8-3-9-21-19/h1,3-5,7-9,11-13,17H,2,6,10H2,(H,20,21,22)/t17-/m1/s1. The Morgan fingerprint density at radius 1 is 1.20 bits per heavy atom. The monoisotopic (exact) mass is 350 g/mol. The number of thiophene rings is 1. The molecule has 2 aromatic heterocycles. The molecule has 0 bridgehead atoms. The quantitative estimate of drug-likeness (QED) is 0.764. The molecule has 5 nitrogen and oxygen atoms in total. The number of carbonyl (C=O) groups is 1. The number of hydrogen-bond acceptors (Lipinski definition) is 5. The molecular weight excluding hydrogens is 332 g/mol. The fourth-order valence-electron chi connectivity index (χ4n) is 3.21. The Bertz CT molecular complexity index is 851. The van der Waals surface area contributed by atoms with E-state index in [2.05, 4.69) is 32.1 Å². The molecule has 3 aromatic rings. The summed E-state index contributed by atoms with van der Waals surface area (Å²) < 4.78 is 0. The molecule has 1 amide bonds. The van der Waals surface area contributed by atoms with Crippen molar-refractivity contribution in [2.24, 2.45) is 0 Å². The van der Waals surface area contributed by atoms with Crippen LogP contribution in [0.15, 0.2) is 59.6 Å². The minimum atomic E-state index is 0.0753. The van der Waals surface area contributed by atoms with Crippen LogP contribution in [0.4, 0.5) is 11.6 Å². The van der Waals surface area contributed by atoms with Crippen molar-refractivity contribution in [1.29, 1.82) is 0 Å². The van der Waals surface area contributed by atoms with E-state index in [9.17, 15) is 4.79 Å². The first-order valence-electron chi connectivity index (χ1n) is 8.28. The van der Waals surface area contributed by atoms with Crippen LogP contribution in [0.5, 0.6) is 0 Å². The van der Waals surface area contributed by atoms with E-state index in [1.54, 1.807) is 29.8 Å². The smallest absolute Gasteiger partial charge is 0.254 e. The molecule has 1 aliphatic rings. The molecule has 6 heteroatoms. The highest BCUT2D eigenvalue weighted by Crippen LogP contribution is 2.34. The summed E-state index contributed by atoms with van der Waals surface area (Å²) in [5, 5.41) is 7.35. The number of hydrogen-bond donors (Lipinski definition) is 1. The molecule has 126 valence electrons. The van der Waals surface area contributed by atoms with E-state index in [1.807, 2.05) is 29.2 Å². The van der Waals surface area contributed by atoms with Crippen LogP contribution in [-0.2, 0) is 0 Å². The highest BCUT2D eigenvalue weighted by molar-refractivity contribution is 7.08. The van der Waals surface area contributed by atoms with Crippen LogP contribution in [0, 0.1) is 0 Å². The molecule has 0 unspecified atom stereocenters. The summed E-state index contributed by atoms with van der Waals surface area (Å²) in [5.74, 6) is 0.593. The van der Waals surface area contributed by atoms with Crippen LogP contribution >= 0.6 is 11.3 Å². The number of aromatic nitrogens is 2. The maximum atomic E-state index is 13.0. The van der Waals surface area contributed by atoms with Gasteiger partial charge in [-0.05, 0) is 59.5 Å². The van der Waals surface area contributed by atoms with Gasteiger partial charge in [0.2, 0.25) is 5.95 Å². The Labute approximate surface area is 150 Å². The number of amides is 1. The van der Waals surface area contributed by atoms with Crippen LogP contribution in [0.3, 0.4) is 0 Å². The lowest BCUT2D eigenvalue weighted by molar-refractivity contribution is 0.0736. The first-order valence-corrected chi connectivity index (χ1v) is 9.23. The minimum absolute atomic E-state index is 0.0753. The number of nitrogens with one attached hydrogen (secondary N) is 1. The number of likely N-dealkylation sites (tertiary alicyclic amines) is 1. The lowest BCUT2D eigenvalue weighted by atomic mass is 10.1. The fourth-order valence-corrected chi connectivity index (χ4v) is 3.92. The third kappa shape index (κ3) is 3.39. The number of carbonyl (C=O) groups excluding carboxylic acids is 1. The lowest BCUT2D eigenvalue weighted by Gasteiger charge is -2.24. The molecule has 0 saturated carbocycles. The van der Waals surface area contributed by atoms with Gasteiger partial charge in [-0.15, -0.1) is 0 Å². The van der Waals surface area contributed by atoms with Crippen molar-refractivity contribution < 1.29 is 4.79 Å². The number of rotatable bonds is 4. The summed E-state index contributed by atoms with van der Waals surface area (Å²) >= 11 is 1.68. The Balaban J connectivity index is 1.55. The van der Waals surface area contributed by atoms with Gasteiger partial charge < -0.3 is 10.2 Å². The fraction of sp³-hybridized carbons (Fsp3) is 0.211. The molecule has 3 heterocycles. The molecule has 1 aromatic carbocycles. The molecule has 0 spiro atoms. The second-order valence-electron chi connectivity index (χ2n) is 5.99. The predicted octanol–water partition coefficient (Wildman–Crippen LogP) is 4.26. The molecular formula is C19H18N4OS. The van der Waals surface area contributed by atoms with Gasteiger partial charge in [-0.25, -0.2) is 9.97 Å². The SMILES string of the molecule is O=C(c1cccc(Nc2ncccn2)c1)N1CCC[C@@H]1c1ccsc1. The van der Waals surface area contributed by atoms with Crippen LogP contribution in [-0.4, -0.2) is 27.3 Å². The van der Waals surface area contributed by atoms with Crippen molar-refractivity contribution in [2.75, 3.05) is 11.9 Å². The molecule has 1 N–H and O–H groups in total. The molecule has 1 atom stereocenters. The average molecular weight is 350 g/mol. The molecule has 25 heavy (non-hydrogen) atoms. The van der Waals surface area contributed by atoms with Crippen LogP contribution in [0.2, 0.25) is 0 Å². The Morgan fingerprint density at radius 2 is 2.08 bits per heavy atom. The zero-order chi connectivity index (χ0) is 17.1. The van der Waals surface area contributed by atoms with Crippen LogP contribution in [0.1, 0.15) is 34.8 Å². The largest absolute Gasteiger partial charge is 0.332 e. The van der Waals surface area contributed by atoms with E-state index in [4.69, 9.17) is 0 Å². The Kier molecular flexibility index (Phi) is 4.43. The summed E-state index contributed by atoms with van der Waals surface area (Å²) in [6.07, 6.45) is 5.43. The van der Waals surface area contributed by atoms with Gasteiger partial charge in [0.15, 0.2) is 0 Å². The first kappa shape index (κ1) is 15.8. The number of nitrogens with zero attached hydrogens (tertiary/aromatic N) is 3. The second kappa shape index (κ2) is 7.03. The minimum Gasteiger partial charge on any atom is -0.332 e. The van der Waals surface area contributed by atoms with E-state index in [1.165, 1.54) is 5.56 Å². The predicted molar refractivity (Wildman–Crippen MR) is 99.1 cm³/mol. The normalized spacial score (nSPS) is 16.8. The Morgan fingerprint density at radius 3 is 2.88 bits per heavy atom. The van der Waals surface area contributed by atoms with Crippen LogP contribution in [0.25, 0.3) is 0 Å². The second-order valence-corrected chi connectivity index (χ2v) is 6.77. The number of benzene rings is 1. The van der Waals surface area contributed by atoms with Crippen molar-refractivity contribution in [2.45, 2.75) is 18.9 Å². The van der Waals surface area contributed by atoms with E-state index >= 15 is 0 Å². The maximum absolute atomic E-state index is 13.0. The number of anilines is 2. The molecule has 1 saturated heterocycles. The zero-order valence-corrected chi connectivity index (χ0v) is 14.4. The van der Waals surface area contributed by atoms with E-state index < -0.39 is 0 Å². The molecule has 1 aliphatic heterocycles. The molecule has 0 aliphatic carbocycles. The average Bonchev–Trinajstić information content (AvgIpc) is 3.33. The van der Waals surface area contributed by atoms with Crippen molar-refractivity contribution in [3.63, 3.8) is 0 Å². The van der Waals surface area contributed by atoms with Gasteiger partial charge >= 0.3 is 0 Å². The summed E-state index contributed by atoms with van der Waals surface area (Å²) in [7, 11) is 0. The van der Waals surface area contributed by atoms with Crippen molar-refractivity contribution in [3.05, 3.63) is 70.7 Å². The van der Waals surface area contributed by atoms with Gasteiger partial charge in [0.1, 0.15) is 0 Å². The summed E-state index contributed by atoms with van der Waals surface area (Å²) in [6.45, 7) is 0.804. The van der Waals surface area contributed by atoms with E-state index in [0.29, 0.717) is 11.5 Å². The van der Waals surface area contributed by atoms with Crippen molar-refractivity contribution in [1.82, 2.24) is 14.9 Å². The third-order valence-electron chi connectivity index (χ3n) is 4.37. The first-order chi connectivity index (χ1) is 12.3. The summed E-state index contributed by atoms with van der Waals surface area (Å²) in [6, 6.07) is 11.6. The van der Waals surface area contributed by atoms with E-state index in [0.717, 1.165) is 25.1 Å². The van der Waals surface area contributed by atoms with Gasteiger partial charge in [-0.2, -0.15) is 11.3 Å². The lowest BCUT2D eigenvalue weighted by Crippen LogP contribution is -2.30.